The monoisotopic (exact) mass is 518 g/mol. The molecular weight excluding hydrogens is 480 g/mol. The van der Waals surface area contributed by atoms with E-state index in [4.69, 9.17) is 14.9 Å². The summed E-state index contributed by atoms with van der Waals surface area (Å²) in [6, 6.07) is 8.14. The molecule has 2 rings (SSSR count). The van der Waals surface area contributed by atoms with Gasteiger partial charge >= 0.3 is 11.9 Å². The number of aromatic nitrogens is 1. The van der Waals surface area contributed by atoms with Crippen LogP contribution in [0.5, 0.6) is 0 Å². The predicted octanol–water partition coefficient (Wildman–Crippen LogP) is 5.07. The van der Waals surface area contributed by atoms with Gasteiger partial charge in [0.1, 0.15) is 12.2 Å². The fourth-order valence-electron chi connectivity index (χ4n) is 3.38. The fourth-order valence-corrected chi connectivity index (χ4v) is 4.19. The van der Waals surface area contributed by atoms with Gasteiger partial charge in [0.25, 0.3) is 0 Å². The van der Waals surface area contributed by atoms with Crippen molar-refractivity contribution in [3.05, 3.63) is 66.4 Å². The van der Waals surface area contributed by atoms with Crippen molar-refractivity contribution in [3.63, 3.8) is 0 Å². The molecule has 0 saturated heterocycles. The number of aliphatic hydroxyl groups is 1. The highest BCUT2D eigenvalue weighted by atomic mass is 32.1. The van der Waals surface area contributed by atoms with Gasteiger partial charge in [-0.15, -0.1) is 6.58 Å². The van der Waals surface area contributed by atoms with Gasteiger partial charge < -0.3 is 25.0 Å². The van der Waals surface area contributed by atoms with Crippen LogP contribution in [0.4, 0.5) is 0 Å². The number of fused-ring (bicyclic) bond motifs is 1. The van der Waals surface area contributed by atoms with Crippen molar-refractivity contribution < 1.29 is 29.6 Å². The number of aliphatic hydroxyl groups excluding tert-OH is 1. The Kier molecular flexibility index (Phi) is 15.2. The fraction of sp³-hybridized carbons (Fsp3) is 0.444. The number of hydrogen-bond acceptors (Lipinski definition) is 7. The Balaban J connectivity index is 0.000000697. The van der Waals surface area contributed by atoms with E-state index in [1.807, 2.05) is 38.1 Å². The molecule has 0 radical (unpaired) electrons. The first-order chi connectivity index (χ1) is 17.1. The van der Waals surface area contributed by atoms with E-state index in [1.54, 1.807) is 0 Å². The third-order valence-electron chi connectivity index (χ3n) is 5.03. The summed E-state index contributed by atoms with van der Waals surface area (Å²) in [5.74, 6) is -2.51. The average molecular weight is 519 g/mol. The van der Waals surface area contributed by atoms with Crippen LogP contribution in [0, 0.1) is 0 Å². The SMILES string of the molecule is C=CCN(C)CCCCCCOC(c1nsc2ccccc12)C(O)C=C(C)C.O=C(O)/C=C/C(=O)O. The van der Waals surface area contributed by atoms with Gasteiger partial charge in [-0.05, 0) is 57.9 Å². The molecule has 198 valence electrons. The molecule has 3 N–H and O–H groups in total. The first-order valence-corrected chi connectivity index (χ1v) is 12.6. The number of benzene rings is 1. The van der Waals surface area contributed by atoms with E-state index in [0.717, 1.165) is 47.3 Å². The standard InChI is InChI=1S/C23H34N2O2S.C4H4O4/c1-5-14-25(4)15-10-6-7-11-16-27-23(20(26)17-18(2)3)22-19-12-8-9-13-21(19)28-24-22;5-3(6)1-2-4(7)8/h5,8-9,12-13,17,20,23,26H,1,6-7,10-11,14-16H2,2-4H3;1-2H,(H,5,6)(H,7,8)/b;2-1+. The maximum atomic E-state index is 10.7. The number of aliphatic carboxylic acids is 2. The van der Waals surface area contributed by atoms with Gasteiger partial charge in [-0.1, -0.05) is 48.8 Å². The van der Waals surface area contributed by atoms with E-state index in [2.05, 4.69) is 35.0 Å². The Bertz CT molecular complexity index is 997. The van der Waals surface area contributed by atoms with Crippen LogP contribution >= 0.6 is 11.5 Å². The lowest BCUT2D eigenvalue weighted by Crippen LogP contribution is -2.21. The van der Waals surface area contributed by atoms with Gasteiger partial charge in [0.15, 0.2) is 0 Å². The predicted molar refractivity (Wildman–Crippen MR) is 144 cm³/mol. The number of rotatable bonds is 15. The highest BCUT2D eigenvalue weighted by molar-refractivity contribution is 7.13. The quantitative estimate of drug-likeness (QED) is 0.170. The summed E-state index contributed by atoms with van der Waals surface area (Å²) in [4.78, 5) is 21.4. The van der Waals surface area contributed by atoms with Gasteiger partial charge in [0.2, 0.25) is 0 Å². The second kappa shape index (κ2) is 17.6. The number of allylic oxidation sites excluding steroid dienone is 1. The molecule has 2 unspecified atom stereocenters. The lowest BCUT2D eigenvalue weighted by atomic mass is 10.0. The summed E-state index contributed by atoms with van der Waals surface area (Å²) < 4.78 is 11.9. The number of ether oxygens (including phenoxy) is 1. The van der Waals surface area contributed by atoms with Crippen molar-refractivity contribution in [2.24, 2.45) is 0 Å². The normalized spacial score (nSPS) is 12.7. The Morgan fingerprint density at radius 2 is 1.75 bits per heavy atom. The maximum Gasteiger partial charge on any atom is 0.328 e. The molecule has 9 heteroatoms. The van der Waals surface area contributed by atoms with Gasteiger partial charge in [-0.3, -0.25) is 0 Å². The van der Waals surface area contributed by atoms with Gasteiger partial charge in [-0.25, -0.2) is 9.59 Å². The first-order valence-electron chi connectivity index (χ1n) is 11.9. The summed E-state index contributed by atoms with van der Waals surface area (Å²) in [6.07, 6.45) is 8.28. The zero-order valence-corrected chi connectivity index (χ0v) is 22.1. The Morgan fingerprint density at radius 3 is 2.36 bits per heavy atom. The topological polar surface area (TPSA) is 120 Å². The minimum absolute atomic E-state index is 0.426. The highest BCUT2D eigenvalue weighted by Crippen LogP contribution is 2.31. The molecule has 8 nitrogen and oxygen atoms in total. The Hall–Kier alpha value is -2.85. The summed E-state index contributed by atoms with van der Waals surface area (Å²) >= 11 is 1.46. The van der Waals surface area contributed by atoms with Crippen LogP contribution in [0.3, 0.4) is 0 Å². The minimum Gasteiger partial charge on any atom is -0.478 e. The van der Waals surface area contributed by atoms with Crippen LogP contribution < -0.4 is 0 Å². The summed E-state index contributed by atoms with van der Waals surface area (Å²) in [5, 5.41) is 27.4. The van der Waals surface area contributed by atoms with Crippen molar-refractivity contribution in [2.45, 2.75) is 51.7 Å². The largest absolute Gasteiger partial charge is 0.478 e. The van der Waals surface area contributed by atoms with Gasteiger partial charge in [0, 0.05) is 30.7 Å². The lowest BCUT2D eigenvalue weighted by Gasteiger charge is -2.21. The smallest absolute Gasteiger partial charge is 0.328 e. The molecule has 1 heterocycles. The molecule has 0 bridgehead atoms. The number of unbranched alkanes of at least 4 members (excludes halogenated alkanes) is 3. The zero-order valence-electron chi connectivity index (χ0n) is 21.3. The maximum absolute atomic E-state index is 10.7. The van der Waals surface area contributed by atoms with Crippen molar-refractivity contribution in [3.8, 4) is 0 Å². The van der Waals surface area contributed by atoms with Crippen LogP contribution in [0.15, 0.2) is 60.7 Å². The molecule has 2 aromatic rings. The molecule has 2 atom stereocenters. The van der Waals surface area contributed by atoms with E-state index < -0.39 is 24.1 Å². The summed E-state index contributed by atoms with van der Waals surface area (Å²) in [6.45, 7) is 10.4. The molecule has 0 aliphatic carbocycles. The second-order valence-electron chi connectivity index (χ2n) is 8.56. The molecule has 1 aromatic carbocycles. The summed E-state index contributed by atoms with van der Waals surface area (Å²) in [7, 11) is 2.12. The van der Waals surface area contributed by atoms with Crippen LogP contribution in [-0.2, 0) is 14.3 Å². The van der Waals surface area contributed by atoms with Gasteiger partial charge in [0.05, 0.1) is 10.4 Å². The molecule has 0 aliphatic rings. The molecule has 0 amide bonds. The second-order valence-corrected chi connectivity index (χ2v) is 9.37. The van der Waals surface area contributed by atoms with Crippen LogP contribution in [-0.4, -0.2) is 69.4 Å². The number of carboxylic acids is 2. The molecular formula is C27H38N2O6S. The van der Waals surface area contributed by atoms with Crippen molar-refractivity contribution in [1.29, 1.82) is 0 Å². The molecule has 1 aromatic heterocycles. The molecule has 36 heavy (non-hydrogen) atoms. The number of hydrogen-bond donors (Lipinski definition) is 3. The van der Waals surface area contributed by atoms with E-state index in [9.17, 15) is 14.7 Å². The van der Waals surface area contributed by atoms with Gasteiger partial charge in [-0.2, -0.15) is 4.37 Å². The van der Waals surface area contributed by atoms with E-state index in [0.29, 0.717) is 18.8 Å². The van der Waals surface area contributed by atoms with Crippen LogP contribution in [0.2, 0.25) is 0 Å². The Labute approximate surface area is 217 Å². The van der Waals surface area contributed by atoms with Crippen molar-refractivity contribution in [1.82, 2.24) is 9.27 Å². The van der Waals surface area contributed by atoms with Crippen LogP contribution in [0.25, 0.3) is 10.1 Å². The van der Waals surface area contributed by atoms with E-state index >= 15 is 0 Å². The molecule has 0 saturated carbocycles. The third kappa shape index (κ3) is 12.7. The summed E-state index contributed by atoms with van der Waals surface area (Å²) in [5.41, 5.74) is 1.92. The number of likely N-dealkylation sites (N-methyl/N-ethyl adjacent to an activating group) is 1. The number of carboxylic acid groups (broad SMARTS) is 2. The molecule has 0 fully saturated rings. The number of carbonyl (C=O) groups is 2. The third-order valence-corrected chi connectivity index (χ3v) is 5.87. The molecule has 0 spiro atoms. The molecule has 0 aliphatic heterocycles. The lowest BCUT2D eigenvalue weighted by molar-refractivity contribution is -0.134. The van der Waals surface area contributed by atoms with Crippen LogP contribution in [0.1, 0.15) is 51.3 Å². The van der Waals surface area contributed by atoms with E-state index in [-0.39, 0.29) is 0 Å². The Morgan fingerprint density at radius 1 is 1.11 bits per heavy atom. The minimum atomic E-state index is -1.26. The highest BCUT2D eigenvalue weighted by Gasteiger charge is 2.25. The average Bonchev–Trinajstić information content (AvgIpc) is 3.23. The number of nitrogens with zero attached hydrogens (tertiary/aromatic N) is 2. The zero-order chi connectivity index (χ0) is 26.9. The first kappa shape index (κ1) is 31.2. The van der Waals surface area contributed by atoms with E-state index in [1.165, 1.54) is 24.4 Å². The van der Waals surface area contributed by atoms with Crippen molar-refractivity contribution in [2.75, 3.05) is 26.7 Å². The van der Waals surface area contributed by atoms with Crippen molar-refractivity contribution >= 4 is 33.6 Å².